The van der Waals surface area contributed by atoms with E-state index < -0.39 is 6.10 Å². The molecule has 3 N–H and O–H groups in total. The van der Waals surface area contributed by atoms with E-state index in [2.05, 4.69) is 34.4 Å². The molecule has 3 aliphatic rings. The molecule has 3 aliphatic carbocycles. The molecule has 2 amide bonds. The molecule has 0 aliphatic heterocycles. The summed E-state index contributed by atoms with van der Waals surface area (Å²) in [5, 5.41) is 17.6. The first-order valence-electron chi connectivity index (χ1n) is 11.4. The third-order valence-electron chi connectivity index (χ3n) is 7.98. The highest BCUT2D eigenvalue weighted by molar-refractivity contribution is 5.92. The van der Waals surface area contributed by atoms with Crippen LogP contribution < -0.4 is 10.6 Å². The third kappa shape index (κ3) is 4.09. The topological polar surface area (TPSA) is 104 Å². The van der Waals surface area contributed by atoms with Crippen LogP contribution in [0.4, 0.5) is 0 Å². The molecule has 30 heavy (non-hydrogen) atoms. The molecule has 0 bridgehead atoms. The highest BCUT2D eigenvalue weighted by Crippen LogP contribution is 2.55. The lowest BCUT2D eigenvalue weighted by Crippen LogP contribution is -2.58. The zero-order valence-electron chi connectivity index (χ0n) is 18.2. The van der Waals surface area contributed by atoms with Crippen molar-refractivity contribution < 1.29 is 14.7 Å². The van der Waals surface area contributed by atoms with Gasteiger partial charge in [-0.1, -0.05) is 20.8 Å². The van der Waals surface area contributed by atoms with Crippen molar-refractivity contribution in [3.05, 3.63) is 24.3 Å². The van der Waals surface area contributed by atoms with Crippen LogP contribution in [0.15, 0.2) is 18.6 Å². The smallest absolute Gasteiger partial charge is 0.271 e. The van der Waals surface area contributed by atoms with E-state index in [1.54, 1.807) is 6.20 Å². The first kappa shape index (κ1) is 21.2. The number of aromatic nitrogens is 2. The van der Waals surface area contributed by atoms with Crippen LogP contribution in [-0.2, 0) is 4.79 Å². The highest BCUT2D eigenvalue weighted by Gasteiger charge is 2.54. The van der Waals surface area contributed by atoms with Crippen molar-refractivity contribution in [2.75, 3.05) is 0 Å². The van der Waals surface area contributed by atoms with Crippen LogP contribution in [0.5, 0.6) is 0 Å². The summed E-state index contributed by atoms with van der Waals surface area (Å²) >= 11 is 0. The Balaban J connectivity index is 1.46. The van der Waals surface area contributed by atoms with Crippen LogP contribution in [-0.4, -0.2) is 45.1 Å². The molecule has 1 heterocycles. The zero-order chi connectivity index (χ0) is 21.5. The van der Waals surface area contributed by atoms with Crippen LogP contribution in [0.2, 0.25) is 0 Å². The van der Waals surface area contributed by atoms with Crippen LogP contribution >= 0.6 is 0 Å². The van der Waals surface area contributed by atoms with E-state index in [1.165, 1.54) is 12.4 Å². The van der Waals surface area contributed by atoms with Gasteiger partial charge in [0.25, 0.3) is 5.91 Å². The number of hydrogen-bond acceptors (Lipinski definition) is 5. The minimum Gasteiger partial charge on any atom is -0.392 e. The molecule has 0 unspecified atom stereocenters. The Hall–Kier alpha value is -2.02. The van der Waals surface area contributed by atoms with Gasteiger partial charge in [-0.05, 0) is 61.7 Å². The van der Waals surface area contributed by atoms with Gasteiger partial charge < -0.3 is 15.7 Å². The van der Waals surface area contributed by atoms with Crippen molar-refractivity contribution in [1.29, 1.82) is 0 Å². The maximum Gasteiger partial charge on any atom is 0.271 e. The van der Waals surface area contributed by atoms with E-state index in [-0.39, 0.29) is 46.9 Å². The molecule has 7 atom stereocenters. The Kier molecular flexibility index (Phi) is 5.84. The molecule has 4 rings (SSSR count). The number of aliphatic hydroxyl groups is 1. The molecule has 1 aromatic heterocycles. The second-order valence-corrected chi connectivity index (χ2v) is 10.0. The van der Waals surface area contributed by atoms with E-state index in [0.29, 0.717) is 11.7 Å². The lowest BCUT2D eigenvalue weighted by Gasteiger charge is -2.56. The van der Waals surface area contributed by atoms with Crippen LogP contribution in [0.3, 0.4) is 0 Å². The van der Waals surface area contributed by atoms with Crippen molar-refractivity contribution in [2.24, 2.45) is 29.1 Å². The summed E-state index contributed by atoms with van der Waals surface area (Å²) in [6.45, 7) is 6.35. The molecule has 3 saturated carbocycles. The molecule has 0 spiro atoms. The number of carbonyl (C=O) groups is 2. The fraction of sp³-hybridized carbons (Fsp3) is 0.739. The monoisotopic (exact) mass is 414 g/mol. The van der Waals surface area contributed by atoms with Gasteiger partial charge in [0.05, 0.1) is 12.3 Å². The Morgan fingerprint density at radius 3 is 2.57 bits per heavy atom. The number of nitrogens with zero attached hydrogens (tertiary/aromatic N) is 2. The molecule has 7 heteroatoms. The van der Waals surface area contributed by atoms with Gasteiger partial charge in [-0.3, -0.25) is 14.6 Å². The highest BCUT2D eigenvalue weighted by atomic mass is 16.3. The minimum absolute atomic E-state index is 0.0263. The van der Waals surface area contributed by atoms with Crippen LogP contribution in [0, 0.1) is 29.1 Å². The molecule has 0 aromatic carbocycles. The quantitative estimate of drug-likeness (QED) is 0.686. The van der Waals surface area contributed by atoms with Crippen LogP contribution in [0.1, 0.15) is 69.8 Å². The predicted molar refractivity (Wildman–Crippen MR) is 112 cm³/mol. The molecule has 0 saturated heterocycles. The van der Waals surface area contributed by atoms with Gasteiger partial charge in [-0.15, -0.1) is 0 Å². The fourth-order valence-electron chi connectivity index (χ4n) is 5.91. The number of amides is 2. The number of carbonyl (C=O) groups excluding carboxylic acids is 2. The molecule has 0 radical (unpaired) electrons. The third-order valence-corrected chi connectivity index (χ3v) is 7.98. The SMILES string of the molecule is C[C@H]1[C@@H]2[C@@H](O)[C@H]([C@H](C)C(=O)NC3CC3)CC[C@@]2(C)CC[C@@H]1NC(=O)c1cnccn1. The number of aliphatic hydroxyl groups excluding tert-OH is 1. The summed E-state index contributed by atoms with van der Waals surface area (Å²) in [6.07, 6.45) is 9.84. The standard InChI is InChI=1S/C23H34N4O3/c1-13(21(29)26-15-4-5-15)16-6-8-23(3)9-7-17(14(2)19(23)20(16)28)27-22(30)18-12-24-10-11-25-18/h10-17,19-20,28H,4-9H2,1-3H3,(H,26,29)(H,27,30)/t13-,14+,16-,17-,19+,20-,23-/m0/s1. The van der Waals surface area contributed by atoms with Gasteiger partial charge >= 0.3 is 0 Å². The van der Waals surface area contributed by atoms with E-state index in [4.69, 9.17) is 0 Å². The largest absolute Gasteiger partial charge is 0.392 e. The molecule has 7 nitrogen and oxygen atoms in total. The second-order valence-electron chi connectivity index (χ2n) is 10.0. The average molecular weight is 415 g/mol. The minimum atomic E-state index is -0.546. The van der Waals surface area contributed by atoms with Crippen molar-refractivity contribution >= 4 is 11.8 Å². The molecule has 3 fully saturated rings. The van der Waals surface area contributed by atoms with Gasteiger partial charge in [0, 0.05) is 30.4 Å². The summed E-state index contributed by atoms with van der Waals surface area (Å²) in [6, 6.07) is 0.307. The van der Waals surface area contributed by atoms with Gasteiger partial charge in [0.15, 0.2) is 0 Å². The first-order valence-corrected chi connectivity index (χ1v) is 11.4. The summed E-state index contributed by atoms with van der Waals surface area (Å²) in [7, 11) is 0. The van der Waals surface area contributed by atoms with E-state index in [0.717, 1.165) is 38.5 Å². The van der Waals surface area contributed by atoms with Crippen molar-refractivity contribution in [3.8, 4) is 0 Å². The molecule has 164 valence electrons. The van der Waals surface area contributed by atoms with Gasteiger partial charge in [-0.25, -0.2) is 4.98 Å². The first-order chi connectivity index (χ1) is 14.3. The lowest BCUT2D eigenvalue weighted by molar-refractivity contribution is -0.142. The maximum absolute atomic E-state index is 12.6. The lowest BCUT2D eigenvalue weighted by atomic mass is 9.51. The van der Waals surface area contributed by atoms with Gasteiger partial charge in [0.1, 0.15) is 5.69 Å². The Morgan fingerprint density at radius 1 is 1.17 bits per heavy atom. The average Bonchev–Trinajstić information content (AvgIpc) is 3.54. The maximum atomic E-state index is 12.6. The number of hydrogen-bond donors (Lipinski definition) is 3. The van der Waals surface area contributed by atoms with E-state index in [9.17, 15) is 14.7 Å². The summed E-state index contributed by atoms with van der Waals surface area (Å²) in [5.74, 6) is -0.233. The summed E-state index contributed by atoms with van der Waals surface area (Å²) < 4.78 is 0. The van der Waals surface area contributed by atoms with Gasteiger partial charge in [0.2, 0.25) is 5.91 Å². The molecular weight excluding hydrogens is 380 g/mol. The van der Waals surface area contributed by atoms with E-state index in [1.807, 2.05) is 6.92 Å². The second kappa shape index (κ2) is 8.25. The number of rotatable bonds is 5. The Morgan fingerprint density at radius 2 is 1.90 bits per heavy atom. The predicted octanol–water partition coefficient (Wildman–Crippen LogP) is 2.31. The van der Waals surface area contributed by atoms with Gasteiger partial charge in [-0.2, -0.15) is 0 Å². The normalized spacial score (nSPS) is 37.0. The summed E-state index contributed by atoms with van der Waals surface area (Å²) in [5.41, 5.74) is 0.348. The zero-order valence-corrected chi connectivity index (χ0v) is 18.2. The summed E-state index contributed by atoms with van der Waals surface area (Å²) in [4.78, 5) is 33.3. The van der Waals surface area contributed by atoms with Crippen molar-refractivity contribution in [2.45, 2.75) is 77.5 Å². The number of nitrogens with one attached hydrogen (secondary N) is 2. The Labute approximate surface area is 178 Å². The molecule has 1 aromatic rings. The van der Waals surface area contributed by atoms with Crippen molar-refractivity contribution in [3.63, 3.8) is 0 Å². The number of fused-ring (bicyclic) bond motifs is 1. The Bertz CT molecular complexity index is 784. The van der Waals surface area contributed by atoms with Crippen molar-refractivity contribution in [1.82, 2.24) is 20.6 Å². The fourth-order valence-corrected chi connectivity index (χ4v) is 5.91. The van der Waals surface area contributed by atoms with E-state index >= 15 is 0 Å². The molecular formula is C23H34N4O3. The van der Waals surface area contributed by atoms with Crippen LogP contribution in [0.25, 0.3) is 0 Å².